The molecule has 10 nitrogen and oxygen atoms in total. The number of thiophene rings is 1. The summed E-state index contributed by atoms with van der Waals surface area (Å²) < 4.78 is 25.9. The number of hydrogen-bond donors (Lipinski definition) is 2. The number of nitrogens with zero attached hydrogens (tertiary/aromatic N) is 2. The third-order valence-electron chi connectivity index (χ3n) is 5.75. The third-order valence-corrected chi connectivity index (χ3v) is 6.98. The number of carbonyl (C=O) groups excluding carboxylic acids is 4. The number of hydrogen-bond acceptors (Lipinski definition) is 7. The van der Waals surface area contributed by atoms with Crippen LogP contribution in [-0.2, 0) is 19.1 Å². The Morgan fingerprint density at radius 3 is 2.58 bits per heavy atom. The summed E-state index contributed by atoms with van der Waals surface area (Å²) in [5.74, 6) is -1.86. The number of ether oxygens (including phenoxy) is 2. The molecule has 0 radical (unpaired) electrons. The van der Waals surface area contributed by atoms with Crippen molar-refractivity contribution in [2.45, 2.75) is 31.4 Å². The Hall–Kier alpha value is -3.22. The quantitative estimate of drug-likeness (QED) is 0.499. The van der Waals surface area contributed by atoms with Crippen molar-refractivity contribution >= 4 is 58.1 Å². The van der Waals surface area contributed by atoms with Gasteiger partial charge in [0.25, 0.3) is 17.7 Å². The minimum absolute atomic E-state index is 0.0385. The lowest BCUT2D eigenvalue weighted by Gasteiger charge is -2.28. The van der Waals surface area contributed by atoms with Gasteiger partial charge in [0, 0.05) is 18.8 Å². The predicted molar refractivity (Wildman–Crippen MR) is 131 cm³/mol. The minimum atomic E-state index is -1.44. The Balaban J connectivity index is 1.43. The average Bonchev–Trinajstić information content (AvgIpc) is 3.30. The van der Waals surface area contributed by atoms with Crippen LogP contribution in [0.1, 0.15) is 28.9 Å². The van der Waals surface area contributed by atoms with E-state index < -0.39 is 23.9 Å². The van der Waals surface area contributed by atoms with E-state index >= 15 is 4.48 Å². The molecular weight excluding hydrogens is 515 g/mol. The number of morpholine rings is 1. The van der Waals surface area contributed by atoms with E-state index in [0.29, 0.717) is 28.1 Å². The Bertz CT molecular complexity index is 1130. The monoisotopic (exact) mass is 538 g/mol. The van der Waals surface area contributed by atoms with E-state index in [2.05, 4.69) is 10.6 Å². The number of amides is 4. The topological polar surface area (TPSA) is 117 Å². The number of carbonyl (C=O) groups is 4. The summed E-state index contributed by atoms with van der Waals surface area (Å²) in [5, 5.41) is 4.75. The van der Waals surface area contributed by atoms with E-state index in [-0.39, 0.29) is 36.0 Å². The summed E-state index contributed by atoms with van der Waals surface area (Å²) in [4.78, 5) is 51.5. The lowest BCUT2D eigenvalue weighted by atomic mass is 9.96. The van der Waals surface area contributed by atoms with Gasteiger partial charge in [-0.1, -0.05) is 16.1 Å². The van der Waals surface area contributed by atoms with Gasteiger partial charge in [-0.05, 0) is 55.7 Å². The highest BCUT2D eigenvalue weighted by atomic mass is 35.5. The molecule has 1 aliphatic heterocycles. The number of anilines is 2. The van der Waals surface area contributed by atoms with Crippen LogP contribution in [-0.4, -0.2) is 62.3 Å². The summed E-state index contributed by atoms with van der Waals surface area (Å²) in [5.41, 5.74) is 0.425. The van der Waals surface area contributed by atoms with Crippen LogP contribution < -0.4 is 20.7 Å². The Morgan fingerprint density at radius 2 is 1.97 bits per heavy atom. The summed E-state index contributed by atoms with van der Waals surface area (Å²) in [6.07, 6.45) is 1.25. The predicted octanol–water partition coefficient (Wildman–Crippen LogP) is 3.06. The van der Waals surface area contributed by atoms with E-state index in [9.17, 15) is 19.2 Å². The lowest BCUT2D eigenvalue weighted by Crippen LogP contribution is -2.53. The van der Waals surface area contributed by atoms with Crippen molar-refractivity contribution in [2.75, 3.05) is 36.3 Å². The Labute approximate surface area is 215 Å². The van der Waals surface area contributed by atoms with Crippen LogP contribution in [0, 0.1) is 0 Å². The molecule has 1 aromatic carbocycles. The first-order valence-electron chi connectivity index (χ1n) is 11.3. The van der Waals surface area contributed by atoms with Crippen LogP contribution in [0.15, 0.2) is 36.4 Å². The highest BCUT2D eigenvalue weighted by Gasteiger charge is 2.31. The molecule has 192 valence electrons. The zero-order valence-electron chi connectivity index (χ0n) is 19.1. The molecule has 2 fully saturated rings. The molecule has 1 aliphatic carbocycles. The molecule has 2 N–H and O–H groups in total. The second kappa shape index (κ2) is 11.7. The summed E-state index contributed by atoms with van der Waals surface area (Å²) in [6.45, 7) is 0.326. The first-order chi connectivity index (χ1) is 17.3. The first-order valence-corrected chi connectivity index (χ1v) is 12.5. The zero-order valence-corrected chi connectivity index (χ0v) is 20.6. The van der Waals surface area contributed by atoms with Crippen molar-refractivity contribution in [3.8, 4) is 0 Å². The maximum Gasteiger partial charge on any atom is 0.408 e. The number of halogens is 2. The van der Waals surface area contributed by atoms with Gasteiger partial charge in [-0.3, -0.25) is 14.4 Å². The molecule has 0 spiro atoms. The summed E-state index contributed by atoms with van der Waals surface area (Å²) in [7, 11) is 0. The highest BCUT2D eigenvalue weighted by molar-refractivity contribution is 7.18. The van der Waals surface area contributed by atoms with Gasteiger partial charge < -0.3 is 25.0 Å². The van der Waals surface area contributed by atoms with Gasteiger partial charge in [0.1, 0.15) is 18.8 Å². The molecule has 1 saturated carbocycles. The molecule has 2 aliphatic rings. The van der Waals surface area contributed by atoms with E-state index in [0.717, 1.165) is 30.6 Å². The van der Waals surface area contributed by atoms with E-state index in [1.807, 2.05) is 0 Å². The number of benzene rings is 1. The average molecular weight is 539 g/mol. The van der Waals surface area contributed by atoms with Crippen molar-refractivity contribution in [1.82, 2.24) is 10.6 Å². The van der Waals surface area contributed by atoms with Crippen molar-refractivity contribution in [1.29, 1.82) is 0 Å². The molecule has 1 saturated heterocycles. The fraction of sp³-hybridized carbons (Fsp3) is 0.391. The van der Waals surface area contributed by atoms with Gasteiger partial charge in [0.05, 0.1) is 21.5 Å². The van der Waals surface area contributed by atoms with Gasteiger partial charge in [0.15, 0.2) is 0 Å². The van der Waals surface area contributed by atoms with E-state index in [1.54, 1.807) is 6.07 Å². The minimum Gasteiger partial charge on any atom is -0.446 e. The van der Waals surface area contributed by atoms with Crippen molar-refractivity contribution in [3.63, 3.8) is 0 Å². The van der Waals surface area contributed by atoms with Crippen LogP contribution in [0.25, 0.3) is 0 Å². The molecule has 1 aromatic heterocycles. The molecule has 36 heavy (non-hydrogen) atoms. The van der Waals surface area contributed by atoms with Crippen LogP contribution in [0.2, 0.25) is 4.34 Å². The van der Waals surface area contributed by atoms with Gasteiger partial charge in [-0.25, -0.2) is 4.79 Å². The number of rotatable bonds is 8. The number of nitrogens with one attached hydrogen (secondary N) is 2. The molecule has 13 heteroatoms. The lowest BCUT2D eigenvalue weighted by molar-refractivity contribution is -0.125. The van der Waals surface area contributed by atoms with E-state index in [1.165, 1.54) is 35.2 Å². The molecule has 0 unspecified atom stereocenters. The summed E-state index contributed by atoms with van der Waals surface area (Å²) in [6, 6.07) is 7.32. The highest BCUT2D eigenvalue weighted by Crippen LogP contribution is 2.24. The van der Waals surface area contributed by atoms with E-state index in [4.69, 9.17) is 21.1 Å². The maximum atomic E-state index is 15.1. The second-order valence-corrected chi connectivity index (χ2v) is 9.92. The summed E-state index contributed by atoms with van der Waals surface area (Å²) >= 11 is 6.90. The van der Waals surface area contributed by atoms with Crippen molar-refractivity contribution in [2.24, 2.45) is 0 Å². The van der Waals surface area contributed by atoms with Crippen LogP contribution >= 0.6 is 22.9 Å². The van der Waals surface area contributed by atoms with Crippen LogP contribution in [0.3, 0.4) is 0 Å². The Kier molecular flexibility index (Phi) is 8.39. The molecular formula is C23H24ClFN4O6S. The standard InChI is InChI=1S/C23H24ClFN4O6S/c24-19-9-8-18(36-19)21(31)26-12-17(27-23(33)35-16-2-1-3-16)22(32)29(25)15-6-4-14(5-7-15)28-10-11-34-13-20(28)30/h4-9,16-17H,1-3,10-13H2,(H,26,31)(H,27,33)/t17-/m0/s1. The fourth-order valence-corrected chi connectivity index (χ4v) is 4.51. The van der Waals surface area contributed by atoms with Crippen LogP contribution in [0.5, 0.6) is 0 Å². The first kappa shape index (κ1) is 25.9. The molecule has 4 amide bonds. The van der Waals surface area contributed by atoms with Gasteiger partial charge in [-0.2, -0.15) is 0 Å². The second-order valence-electron chi connectivity index (χ2n) is 8.20. The maximum absolute atomic E-state index is 15.1. The van der Waals surface area contributed by atoms with Crippen molar-refractivity contribution < 1.29 is 33.1 Å². The smallest absolute Gasteiger partial charge is 0.408 e. The van der Waals surface area contributed by atoms with Gasteiger partial charge in [0.2, 0.25) is 0 Å². The number of alkyl carbamates (subject to hydrolysis) is 1. The molecule has 0 bridgehead atoms. The SMILES string of the molecule is O=C(N[C@@H](CNC(=O)c1ccc(Cl)s1)C(=O)N(F)c1ccc(N2CCOCC2=O)cc1)OC1CCC1. The Morgan fingerprint density at radius 1 is 1.22 bits per heavy atom. The van der Waals surface area contributed by atoms with Crippen molar-refractivity contribution in [3.05, 3.63) is 45.6 Å². The molecule has 1 atom stereocenters. The molecule has 2 aromatic rings. The fourth-order valence-electron chi connectivity index (χ4n) is 3.55. The third kappa shape index (κ3) is 6.31. The molecule has 2 heterocycles. The molecule has 4 rings (SSSR count). The van der Waals surface area contributed by atoms with Gasteiger partial charge >= 0.3 is 6.09 Å². The largest absolute Gasteiger partial charge is 0.446 e. The van der Waals surface area contributed by atoms with Crippen LogP contribution in [0.4, 0.5) is 20.7 Å². The normalized spacial score (nSPS) is 16.6. The van der Waals surface area contributed by atoms with Gasteiger partial charge in [-0.15, -0.1) is 16.5 Å². The zero-order chi connectivity index (χ0) is 25.7.